The molecule has 0 aliphatic carbocycles. The molecule has 0 radical (unpaired) electrons. The van der Waals surface area contributed by atoms with E-state index in [-0.39, 0.29) is 6.04 Å². The molecule has 3 N–H and O–H groups in total. The van der Waals surface area contributed by atoms with Crippen LogP contribution in [0.2, 0.25) is 0 Å². The normalized spacial score (nSPS) is 12.5. The molecule has 0 saturated heterocycles. The topological polar surface area (TPSA) is 65.6 Å². The van der Waals surface area contributed by atoms with Gasteiger partial charge in [-0.25, -0.2) is 0 Å². The molecule has 0 spiro atoms. The largest absolute Gasteiger partial charge is 0.363 e. The fourth-order valence-electron chi connectivity index (χ4n) is 0.948. The van der Waals surface area contributed by atoms with Crippen molar-refractivity contribution in [3.63, 3.8) is 0 Å². The van der Waals surface area contributed by atoms with Gasteiger partial charge in [-0.15, -0.1) is 0 Å². The molecule has 58 valence electrons. The van der Waals surface area contributed by atoms with Crippen molar-refractivity contribution in [2.45, 2.75) is 19.4 Å². The van der Waals surface area contributed by atoms with Crippen molar-refractivity contribution < 1.29 is 0 Å². The zero-order valence-corrected chi connectivity index (χ0v) is 6.46. The third-order valence-electron chi connectivity index (χ3n) is 1.56. The Hall–Kier alpha value is -1.27. The first-order chi connectivity index (χ1) is 5.24. The average Bonchev–Trinajstić information content (AvgIpc) is 2.36. The Morgan fingerprint density at radius 2 is 2.55 bits per heavy atom. The third-order valence-corrected chi connectivity index (χ3v) is 1.56. The van der Waals surface area contributed by atoms with Gasteiger partial charge in [0.05, 0.1) is 18.5 Å². The molecular formula is C8H11N3. The monoisotopic (exact) mass is 149 g/mol. The number of aromatic nitrogens is 1. The van der Waals surface area contributed by atoms with Crippen LogP contribution in [0.1, 0.15) is 23.7 Å². The summed E-state index contributed by atoms with van der Waals surface area (Å²) >= 11 is 0. The van der Waals surface area contributed by atoms with Crippen LogP contribution in [0.4, 0.5) is 0 Å². The summed E-state index contributed by atoms with van der Waals surface area (Å²) in [5.74, 6) is 0. The van der Waals surface area contributed by atoms with E-state index in [0.29, 0.717) is 6.42 Å². The Bertz CT molecular complexity index is 269. The maximum Gasteiger partial charge on any atom is 0.0642 e. The van der Waals surface area contributed by atoms with Gasteiger partial charge in [0.25, 0.3) is 0 Å². The number of hydrogen-bond donors (Lipinski definition) is 2. The lowest BCUT2D eigenvalue weighted by molar-refractivity contribution is 0.726. The highest BCUT2D eigenvalue weighted by Crippen LogP contribution is 2.12. The zero-order valence-electron chi connectivity index (χ0n) is 6.46. The molecule has 1 aromatic rings. The van der Waals surface area contributed by atoms with Gasteiger partial charge in [-0.2, -0.15) is 5.26 Å². The average molecular weight is 149 g/mol. The van der Waals surface area contributed by atoms with Crippen LogP contribution in [0.15, 0.2) is 12.3 Å². The van der Waals surface area contributed by atoms with Crippen molar-refractivity contribution in [2.75, 3.05) is 0 Å². The van der Waals surface area contributed by atoms with E-state index in [1.165, 1.54) is 0 Å². The highest BCUT2D eigenvalue weighted by Gasteiger charge is 2.05. The maximum atomic E-state index is 8.36. The Morgan fingerprint density at radius 3 is 3.00 bits per heavy atom. The molecule has 11 heavy (non-hydrogen) atoms. The first kappa shape index (κ1) is 7.83. The van der Waals surface area contributed by atoms with E-state index in [4.69, 9.17) is 11.0 Å². The molecule has 0 saturated carbocycles. The summed E-state index contributed by atoms with van der Waals surface area (Å²) in [4.78, 5) is 3.01. The molecule has 3 nitrogen and oxygen atoms in total. The molecule has 0 bridgehead atoms. The van der Waals surface area contributed by atoms with Gasteiger partial charge in [-0.1, -0.05) is 0 Å². The van der Waals surface area contributed by atoms with Gasteiger partial charge in [0, 0.05) is 11.9 Å². The lowest BCUT2D eigenvalue weighted by Gasteiger charge is -2.02. The van der Waals surface area contributed by atoms with Gasteiger partial charge in [-0.3, -0.25) is 0 Å². The number of nitriles is 1. The molecule has 3 heteroatoms. The summed E-state index contributed by atoms with van der Waals surface area (Å²) in [7, 11) is 0. The van der Waals surface area contributed by atoms with Crippen molar-refractivity contribution in [3.8, 4) is 6.07 Å². The van der Waals surface area contributed by atoms with E-state index < -0.39 is 0 Å². The fourth-order valence-corrected chi connectivity index (χ4v) is 0.948. The van der Waals surface area contributed by atoms with E-state index in [0.717, 1.165) is 11.3 Å². The van der Waals surface area contributed by atoms with Crippen LogP contribution >= 0.6 is 0 Å². The second-order valence-electron chi connectivity index (χ2n) is 2.60. The smallest absolute Gasteiger partial charge is 0.0642 e. The van der Waals surface area contributed by atoms with E-state index in [9.17, 15) is 0 Å². The van der Waals surface area contributed by atoms with Crippen molar-refractivity contribution in [2.24, 2.45) is 5.73 Å². The van der Waals surface area contributed by atoms with Crippen molar-refractivity contribution >= 4 is 0 Å². The summed E-state index contributed by atoms with van der Waals surface area (Å²) in [6.07, 6.45) is 2.24. The second kappa shape index (κ2) is 3.22. The lowest BCUT2D eigenvalue weighted by Crippen LogP contribution is -2.09. The number of rotatable bonds is 2. The molecule has 1 heterocycles. The van der Waals surface area contributed by atoms with Crippen molar-refractivity contribution in [3.05, 3.63) is 23.5 Å². The van der Waals surface area contributed by atoms with E-state index in [1.807, 2.05) is 25.3 Å². The van der Waals surface area contributed by atoms with Gasteiger partial charge < -0.3 is 10.7 Å². The molecule has 0 aliphatic rings. The van der Waals surface area contributed by atoms with Crippen LogP contribution in [0.5, 0.6) is 0 Å². The van der Waals surface area contributed by atoms with Gasteiger partial charge in [0.1, 0.15) is 0 Å². The number of nitrogens with two attached hydrogens (primary N) is 1. The predicted molar refractivity (Wildman–Crippen MR) is 42.7 cm³/mol. The second-order valence-corrected chi connectivity index (χ2v) is 2.60. The molecule has 1 atom stereocenters. The predicted octanol–water partition coefficient (Wildman–Crippen LogP) is 1.24. The SMILES string of the molecule is Cc1c[nH]c(C(N)CC#N)c1. The van der Waals surface area contributed by atoms with E-state index >= 15 is 0 Å². The first-order valence-electron chi connectivity index (χ1n) is 3.51. The number of aryl methyl sites for hydroxylation is 1. The van der Waals surface area contributed by atoms with Gasteiger partial charge in [0.2, 0.25) is 0 Å². The Kier molecular flexibility index (Phi) is 2.29. The highest BCUT2D eigenvalue weighted by molar-refractivity contribution is 5.18. The van der Waals surface area contributed by atoms with E-state index in [1.54, 1.807) is 0 Å². The standard InChI is InChI=1S/C8H11N3/c1-6-4-8(11-5-6)7(10)2-3-9/h4-5,7,11H,2,10H2,1H3. The third kappa shape index (κ3) is 1.82. The molecule has 0 aromatic carbocycles. The van der Waals surface area contributed by atoms with E-state index in [2.05, 4.69) is 4.98 Å². The van der Waals surface area contributed by atoms with Crippen LogP contribution in [0.25, 0.3) is 0 Å². The minimum Gasteiger partial charge on any atom is -0.363 e. The molecular weight excluding hydrogens is 138 g/mol. The lowest BCUT2D eigenvalue weighted by atomic mass is 10.1. The van der Waals surface area contributed by atoms with Crippen LogP contribution in [0, 0.1) is 18.3 Å². The Morgan fingerprint density at radius 1 is 1.82 bits per heavy atom. The summed E-state index contributed by atoms with van der Waals surface area (Å²) in [5.41, 5.74) is 7.75. The minimum atomic E-state index is -0.173. The Labute approximate surface area is 65.8 Å². The minimum absolute atomic E-state index is 0.173. The zero-order chi connectivity index (χ0) is 8.27. The number of aromatic amines is 1. The van der Waals surface area contributed by atoms with Gasteiger partial charge >= 0.3 is 0 Å². The van der Waals surface area contributed by atoms with Gasteiger partial charge in [0.15, 0.2) is 0 Å². The summed E-state index contributed by atoms with van der Waals surface area (Å²) < 4.78 is 0. The van der Waals surface area contributed by atoms with Crippen LogP contribution < -0.4 is 5.73 Å². The van der Waals surface area contributed by atoms with Crippen molar-refractivity contribution in [1.82, 2.24) is 4.98 Å². The number of nitrogens with one attached hydrogen (secondary N) is 1. The fraction of sp³-hybridized carbons (Fsp3) is 0.375. The van der Waals surface area contributed by atoms with Crippen LogP contribution in [0.3, 0.4) is 0 Å². The number of hydrogen-bond acceptors (Lipinski definition) is 2. The quantitative estimate of drug-likeness (QED) is 0.664. The molecule has 0 aliphatic heterocycles. The molecule has 1 rings (SSSR count). The summed E-state index contributed by atoms with van der Waals surface area (Å²) in [5, 5.41) is 8.36. The summed E-state index contributed by atoms with van der Waals surface area (Å²) in [6, 6.07) is 3.82. The van der Waals surface area contributed by atoms with Crippen molar-refractivity contribution in [1.29, 1.82) is 5.26 Å². The molecule has 0 fully saturated rings. The maximum absolute atomic E-state index is 8.36. The molecule has 1 unspecified atom stereocenters. The molecule has 0 amide bonds. The highest BCUT2D eigenvalue weighted by atomic mass is 14.8. The van der Waals surface area contributed by atoms with Gasteiger partial charge in [-0.05, 0) is 18.6 Å². The van der Waals surface area contributed by atoms with Crippen LogP contribution in [-0.2, 0) is 0 Å². The summed E-state index contributed by atoms with van der Waals surface area (Å²) in [6.45, 7) is 1.99. The number of nitrogens with zero attached hydrogens (tertiary/aromatic N) is 1. The molecule has 1 aromatic heterocycles. The Balaban J connectivity index is 2.70. The van der Waals surface area contributed by atoms with Crippen LogP contribution in [-0.4, -0.2) is 4.98 Å². The first-order valence-corrected chi connectivity index (χ1v) is 3.51. The number of H-pyrrole nitrogens is 1.